The number of halogens is 1. The summed E-state index contributed by atoms with van der Waals surface area (Å²) < 4.78 is 9.46. The van der Waals surface area contributed by atoms with Crippen molar-refractivity contribution in [2.45, 2.75) is 33.3 Å². The number of aryl methyl sites for hydroxylation is 1. The van der Waals surface area contributed by atoms with E-state index in [9.17, 15) is 9.59 Å². The Hall–Kier alpha value is -2.60. The predicted octanol–water partition coefficient (Wildman–Crippen LogP) is 5.26. The SMILES string of the molecule is Cc1cccc2c1n1c(cc3c(Br)cccc31)c(=O)n2C(=O)OC(C)(C)C. The number of para-hydroxylation sites is 1. The first kappa shape index (κ1) is 17.8. The zero-order chi connectivity index (χ0) is 19.5. The number of ether oxygens (including phenoxy) is 1. The molecule has 0 saturated carbocycles. The van der Waals surface area contributed by atoms with Gasteiger partial charge in [0.1, 0.15) is 11.1 Å². The second kappa shape index (κ2) is 5.96. The highest BCUT2D eigenvalue weighted by Crippen LogP contribution is 2.30. The summed E-state index contributed by atoms with van der Waals surface area (Å²) in [6, 6.07) is 13.2. The lowest BCUT2D eigenvalue weighted by Gasteiger charge is -2.21. The third kappa shape index (κ3) is 2.75. The van der Waals surface area contributed by atoms with Gasteiger partial charge in [0, 0.05) is 9.86 Å². The Bertz CT molecular complexity index is 1290. The van der Waals surface area contributed by atoms with E-state index in [0.717, 1.165) is 31.0 Å². The molecule has 0 radical (unpaired) electrons. The highest BCUT2D eigenvalue weighted by molar-refractivity contribution is 9.10. The first-order valence-corrected chi connectivity index (χ1v) is 9.46. The van der Waals surface area contributed by atoms with Crippen molar-refractivity contribution in [1.82, 2.24) is 8.97 Å². The van der Waals surface area contributed by atoms with Crippen LogP contribution in [0.15, 0.2) is 51.7 Å². The lowest BCUT2D eigenvalue weighted by Crippen LogP contribution is -2.34. The van der Waals surface area contributed by atoms with Crippen LogP contribution in [0.5, 0.6) is 0 Å². The molecule has 0 bridgehead atoms. The van der Waals surface area contributed by atoms with E-state index >= 15 is 0 Å². The Balaban J connectivity index is 2.23. The fraction of sp³-hybridized carbons (Fsp3) is 0.238. The van der Waals surface area contributed by atoms with Crippen molar-refractivity contribution in [3.63, 3.8) is 0 Å². The second-order valence-corrected chi connectivity index (χ2v) is 8.46. The fourth-order valence-electron chi connectivity index (χ4n) is 3.42. The maximum absolute atomic E-state index is 13.3. The summed E-state index contributed by atoms with van der Waals surface area (Å²) in [5.74, 6) is 0. The maximum Gasteiger partial charge on any atom is 0.422 e. The van der Waals surface area contributed by atoms with Crippen LogP contribution in [-0.2, 0) is 4.74 Å². The number of rotatable bonds is 0. The molecule has 0 atom stereocenters. The number of carbonyl (C=O) groups excluding carboxylic acids is 1. The van der Waals surface area contributed by atoms with Gasteiger partial charge < -0.3 is 9.14 Å². The minimum Gasteiger partial charge on any atom is -0.443 e. The highest BCUT2D eigenvalue weighted by atomic mass is 79.9. The average Bonchev–Trinajstić information content (AvgIpc) is 2.95. The fourth-order valence-corrected chi connectivity index (χ4v) is 3.89. The number of hydrogen-bond acceptors (Lipinski definition) is 3. The summed E-state index contributed by atoms with van der Waals surface area (Å²) in [5, 5.41) is 0.918. The van der Waals surface area contributed by atoms with E-state index in [0.29, 0.717) is 11.0 Å². The van der Waals surface area contributed by atoms with E-state index in [-0.39, 0.29) is 0 Å². The zero-order valence-corrected chi connectivity index (χ0v) is 17.1. The van der Waals surface area contributed by atoms with Crippen LogP contribution in [0.4, 0.5) is 4.79 Å². The van der Waals surface area contributed by atoms with Gasteiger partial charge in [-0.25, -0.2) is 9.36 Å². The lowest BCUT2D eigenvalue weighted by atomic mass is 10.2. The van der Waals surface area contributed by atoms with Gasteiger partial charge in [-0.15, -0.1) is 0 Å². The molecule has 0 amide bonds. The van der Waals surface area contributed by atoms with Crippen molar-refractivity contribution in [3.8, 4) is 0 Å². The van der Waals surface area contributed by atoms with E-state index in [4.69, 9.17) is 4.74 Å². The Morgan fingerprint density at radius 1 is 1.04 bits per heavy atom. The molecule has 27 heavy (non-hydrogen) atoms. The minimum atomic E-state index is -0.700. The first-order chi connectivity index (χ1) is 12.7. The van der Waals surface area contributed by atoms with Gasteiger partial charge >= 0.3 is 6.09 Å². The van der Waals surface area contributed by atoms with Crippen LogP contribution >= 0.6 is 15.9 Å². The number of aromatic nitrogens is 2. The van der Waals surface area contributed by atoms with Crippen LogP contribution in [0.3, 0.4) is 0 Å². The highest BCUT2D eigenvalue weighted by Gasteiger charge is 2.24. The van der Waals surface area contributed by atoms with Gasteiger partial charge in [0.15, 0.2) is 0 Å². The van der Waals surface area contributed by atoms with Crippen LogP contribution in [0.1, 0.15) is 26.3 Å². The topological polar surface area (TPSA) is 52.7 Å². The van der Waals surface area contributed by atoms with Gasteiger partial charge in [0.25, 0.3) is 5.56 Å². The number of hydrogen-bond donors (Lipinski definition) is 0. The third-order valence-corrected chi connectivity index (χ3v) is 5.16. The van der Waals surface area contributed by atoms with Gasteiger partial charge in [-0.05, 0) is 57.5 Å². The molecule has 0 N–H and O–H groups in total. The molecule has 0 aliphatic heterocycles. The average molecular weight is 427 g/mol. The van der Waals surface area contributed by atoms with Gasteiger partial charge in [-0.1, -0.05) is 34.1 Å². The number of benzene rings is 2. The molecule has 0 unspecified atom stereocenters. The summed E-state index contributed by atoms with van der Waals surface area (Å²) in [6.07, 6.45) is -0.671. The molecule has 2 heterocycles. The molecule has 0 fully saturated rings. The summed E-state index contributed by atoms with van der Waals surface area (Å²) in [6.45, 7) is 7.31. The van der Waals surface area contributed by atoms with Crippen molar-refractivity contribution < 1.29 is 9.53 Å². The molecular formula is C21H19BrN2O3. The number of fused-ring (bicyclic) bond motifs is 5. The quantitative estimate of drug-likeness (QED) is 0.385. The smallest absolute Gasteiger partial charge is 0.422 e. The third-order valence-electron chi connectivity index (χ3n) is 4.47. The monoisotopic (exact) mass is 426 g/mol. The van der Waals surface area contributed by atoms with Crippen molar-refractivity contribution in [2.24, 2.45) is 0 Å². The zero-order valence-electron chi connectivity index (χ0n) is 15.5. The molecule has 4 rings (SSSR count). The summed E-state index contributed by atoms with van der Waals surface area (Å²) in [5.41, 5.74) is 2.55. The maximum atomic E-state index is 13.3. The Morgan fingerprint density at radius 2 is 1.70 bits per heavy atom. The lowest BCUT2D eigenvalue weighted by molar-refractivity contribution is 0.0539. The molecule has 0 saturated heterocycles. The molecule has 138 valence electrons. The van der Waals surface area contributed by atoms with Crippen molar-refractivity contribution in [1.29, 1.82) is 0 Å². The largest absolute Gasteiger partial charge is 0.443 e. The first-order valence-electron chi connectivity index (χ1n) is 8.66. The van der Waals surface area contributed by atoms with Gasteiger partial charge in [0.2, 0.25) is 0 Å². The molecule has 6 heteroatoms. The van der Waals surface area contributed by atoms with Gasteiger partial charge in [-0.3, -0.25) is 4.79 Å². The molecule has 5 nitrogen and oxygen atoms in total. The summed E-state index contributed by atoms with van der Waals surface area (Å²) in [7, 11) is 0. The van der Waals surface area contributed by atoms with E-state index in [1.54, 1.807) is 26.8 Å². The second-order valence-electron chi connectivity index (χ2n) is 7.60. The molecule has 4 aromatic rings. The standard InChI is InChI=1S/C21H19BrN2O3/c1-12-7-5-10-16-18(12)23-15-9-6-8-14(22)13(15)11-17(23)19(25)24(16)20(26)27-21(2,3)4/h5-11H,1-4H3. The van der Waals surface area contributed by atoms with Crippen LogP contribution in [0.2, 0.25) is 0 Å². The molecule has 2 aromatic heterocycles. The van der Waals surface area contributed by atoms with E-state index < -0.39 is 17.3 Å². The Morgan fingerprint density at radius 3 is 2.41 bits per heavy atom. The number of nitrogens with zero attached hydrogens (tertiary/aromatic N) is 2. The molecule has 2 aromatic carbocycles. The van der Waals surface area contributed by atoms with Gasteiger partial charge in [0.05, 0.1) is 16.6 Å². The Labute approximate surface area is 164 Å². The summed E-state index contributed by atoms with van der Waals surface area (Å²) >= 11 is 3.56. The van der Waals surface area contributed by atoms with Crippen LogP contribution in [-0.4, -0.2) is 20.7 Å². The minimum absolute atomic E-state index is 0.398. The van der Waals surface area contributed by atoms with Gasteiger partial charge in [-0.2, -0.15) is 0 Å². The predicted molar refractivity (Wildman–Crippen MR) is 111 cm³/mol. The van der Waals surface area contributed by atoms with Crippen LogP contribution in [0, 0.1) is 6.92 Å². The van der Waals surface area contributed by atoms with Crippen LogP contribution < -0.4 is 5.56 Å². The van der Waals surface area contributed by atoms with Crippen molar-refractivity contribution >= 4 is 49.5 Å². The molecule has 0 spiro atoms. The molecule has 0 aliphatic rings. The van der Waals surface area contributed by atoms with E-state index in [2.05, 4.69) is 15.9 Å². The summed E-state index contributed by atoms with van der Waals surface area (Å²) in [4.78, 5) is 26.1. The Kier molecular flexibility index (Phi) is 3.93. The van der Waals surface area contributed by atoms with Crippen molar-refractivity contribution in [2.75, 3.05) is 0 Å². The molecular weight excluding hydrogens is 408 g/mol. The van der Waals surface area contributed by atoms with Crippen molar-refractivity contribution in [3.05, 3.63) is 62.9 Å². The van der Waals surface area contributed by atoms with Crippen LogP contribution in [0.25, 0.3) is 27.5 Å². The molecule has 0 aliphatic carbocycles. The van der Waals surface area contributed by atoms with E-state index in [1.165, 1.54) is 0 Å². The van der Waals surface area contributed by atoms with E-state index in [1.807, 2.05) is 47.7 Å². The normalized spacial score (nSPS) is 12.2. The number of carbonyl (C=O) groups is 1.